The molecule has 1 N–H and O–H groups in total. The van der Waals surface area contributed by atoms with E-state index in [1.54, 1.807) is 25.1 Å². The first-order valence-electron chi connectivity index (χ1n) is 9.58. The molecule has 1 aromatic heterocycles. The molecule has 0 bridgehead atoms. The number of nitrogens with zero attached hydrogens (tertiary/aromatic N) is 3. The van der Waals surface area contributed by atoms with E-state index in [4.69, 9.17) is 9.47 Å². The highest BCUT2D eigenvalue weighted by atomic mass is 16.6. The molecule has 0 unspecified atom stereocenters. The van der Waals surface area contributed by atoms with E-state index in [1.165, 1.54) is 21.7 Å². The van der Waals surface area contributed by atoms with Crippen molar-refractivity contribution in [2.75, 3.05) is 31.6 Å². The first-order valence-corrected chi connectivity index (χ1v) is 9.58. The molecule has 0 fully saturated rings. The molecular weight excluding hydrogens is 376 g/mol. The number of rotatable bonds is 7. The first kappa shape index (κ1) is 20.4. The van der Waals surface area contributed by atoms with Crippen LogP contribution in [0.2, 0.25) is 0 Å². The Morgan fingerprint density at radius 3 is 2.62 bits per heavy atom. The molecule has 154 valence electrons. The molecule has 0 spiro atoms. The maximum absolute atomic E-state index is 12.8. The minimum absolute atomic E-state index is 0.132. The quantitative estimate of drug-likeness (QED) is 0.756. The van der Waals surface area contributed by atoms with Gasteiger partial charge in [0.2, 0.25) is 5.91 Å². The maximum Gasteiger partial charge on any atom is 0.274 e. The molecule has 2 heterocycles. The molecule has 0 radical (unpaired) electrons. The van der Waals surface area contributed by atoms with E-state index < -0.39 is 5.91 Å². The number of likely N-dealkylation sites (N-methyl/N-ethyl adjacent to an activating group) is 1. The molecule has 1 aromatic carbocycles. The molecule has 0 saturated heterocycles. The summed E-state index contributed by atoms with van der Waals surface area (Å²) in [4.78, 5) is 38.4. The van der Waals surface area contributed by atoms with Gasteiger partial charge in [-0.05, 0) is 31.5 Å². The Morgan fingerprint density at radius 2 is 1.90 bits per heavy atom. The number of hydrogen-bond donors (Lipinski definition) is 1. The van der Waals surface area contributed by atoms with Gasteiger partial charge in [0.25, 0.3) is 11.5 Å². The van der Waals surface area contributed by atoms with Gasteiger partial charge in [-0.1, -0.05) is 6.92 Å². The third-order valence-electron chi connectivity index (χ3n) is 4.35. The monoisotopic (exact) mass is 400 g/mol. The molecule has 9 heteroatoms. The second kappa shape index (κ2) is 9.22. The Labute approximate surface area is 168 Å². The van der Waals surface area contributed by atoms with Gasteiger partial charge >= 0.3 is 0 Å². The fourth-order valence-corrected chi connectivity index (χ4v) is 2.92. The second-order valence-electron chi connectivity index (χ2n) is 6.51. The fraction of sp³-hybridized carbons (Fsp3) is 0.400. The van der Waals surface area contributed by atoms with Gasteiger partial charge in [-0.15, -0.1) is 0 Å². The van der Waals surface area contributed by atoms with Crippen LogP contribution >= 0.6 is 0 Å². The van der Waals surface area contributed by atoms with Gasteiger partial charge in [0, 0.05) is 30.9 Å². The summed E-state index contributed by atoms with van der Waals surface area (Å²) in [7, 11) is 0. The van der Waals surface area contributed by atoms with Crippen LogP contribution in [0.15, 0.2) is 35.1 Å². The van der Waals surface area contributed by atoms with Crippen LogP contribution in [0.5, 0.6) is 11.5 Å². The molecule has 2 amide bonds. The number of carbonyl (C=O) groups excluding carboxylic acids is 2. The minimum atomic E-state index is -0.408. The van der Waals surface area contributed by atoms with E-state index in [2.05, 4.69) is 10.4 Å². The van der Waals surface area contributed by atoms with Gasteiger partial charge in [0.05, 0.1) is 0 Å². The predicted octanol–water partition coefficient (Wildman–Crippen LogP) is 1.53. The largest absolute Gasteiger partial charge is 0.486 e. The van der Waals surface area contributed by atoms with Gasteiger partial charge in [0.1, 0.15) is 25.5 Å². The summed E-state index contributed by atoms with van der Waals surface area (Å²) in [6.45, 7) is 5.25. The van der Waals surface area contributed by atoms with E-state index in [1.807, 2.05) is 6.92 Å². The summed E-state index contributed by atoms with van der Waals surface area (Å²) in [6, 6.07) is 7.84. The smallest absolute Gasteiger partial charge is 0.274 e. The van der Waals surface area contributed by atoms with Crippen molar-refractivity contribution in [1.82, 2.24) is 14.7 Å². The zero-order valence-electron chi connectivity index (χ0n) is 16.5. The minimum Gasteiger partial charge on any atom is -0.486 e. The topological polar surface area (TPSA) is 103 Å². The van der Waals surface area contributed by atoms with Gasteiger partial charge < -0.3 is 19.7 Å². The number of nitrogens with one attached hydrogen (secondary N) is 1. The Morgan fingerprint density at radius 1 is 1.14 bits per heavy atom. The lowest BCUT2D eigenvalue weighted by atomic mass is 10.2. The van der Waals surface area contributed by atoms with E-state index in [0.717, 1.165) is 6.42 Å². The molecular formula is C20H24N4O5. The predicted molar refractivity (Wildman–Crippen MR) is 106 cm³/mol. The Balaban J connectivity index is 1.67. The van der Waals surface area contributed by atoms with Crippen molar-refractivity contribution in [3.05, 3.63) is 46.4 Å². The lowest BCUT2D eigenvalue weighted by Gasteiger charge is -2.21. The molecule has 1 aliphatic rings. The number of aryl methyl sites for hydroxylation is 1. The standard InChI is InChI=1S/C20H24N4O5/c1-3-9-24-19(26)8-6-15(22-24)20(27)23(4-2)13-18(25)21-14-5-7-16-17(12-14)29-11-10-28-16/h5-8,12H,3-4,9-11,13H2,1-2H3,(H,21,25). The normalized spacial score (nSPS) is 12.3. The zero-order chi connectivity index (χ0) is 20.8. The molecule has 9 nitrogen and oxygen atoms in total. The van der Waals surface area contributed by atoms with Crippen LogP contribution in [0.4, 0.5) is 5.69 Å². The lowest BCUT2D eigenvalue weighted by Crippen LogP contribution is -2.39. The lowest BCUT2D eigenvalue weighted by molar-refractivity contribution is -0.116. The molecule has 0 saturated carbocycles. The Bertz CT molecular complexity index is 956. The van der Waals surface area contributed by atoms with Crippen molar-refractivity contribution >= 4 is 17.5 Å². The van der Waals surface area contributed by atoms with E-state index in [0.29, 0.717) is 43.5 Å². The van der Waals surface area contributed by atoms with Gasteiger partial charge in [0.15, 0.2) is 11.5 Å². The first-order chi connectivity index (χ1) is 14.0. The number of aromatic nitrogens is 2. The van der Waals surface area contributed by atoms with Crippen LogP contribution < -0.4 is 20.3 Å². The highest BCUT2D eigenvalue weighted by Crippen LogP contribution is 2.32. The number of anilines is 1. The van der Waals surface area contributed by atoms with Crippen LogP contribution in [0.1, 0.15) is 30.8 Å². The number of hydrogen-bond acceptors (Lipinski definition) is 6. The third-order valence-corrected chi connectivity index (χ3v) is 4.35. The van der Waals surface area contributed by atoms with Crippen molar-refractivity contribution in [2.45, 2.75) is 26.8 Å². The van der Waals surface area contributed by atoms with Crippen molar-refractivity contribution in [2.24, 2.45) is 0 Å². The fourth-order valence-electron chi connectivity index (χ4n) is 2.92. The highest BCUT2D eigenvalue weighted by Gasteiger charge is 2.20. The summed E-state index contributed by atoms with van der Waals surface area (Å²) in [5.41, 5.74) is 0.423. The molecule has 3 rings (SSSR count). The SMILES string of the molecule is CCCn1nc(C(=O)N(CC)CC(=O)Nc2ccc3c(c2)OCCO3)ccc1=O. The summed E-state index contributed by atoms with van der Waals surface area (Å²) < 4.78 is 12.2. The summed E-state index contributed by atoms with van der Waals surface area (Å²) in [6.07, 6.45) is 0.722. The van der Waals surface area contributed by atoms with Gasteiger partial charge in [-0.2, -0.15) is 5.10 Å². The maximum atomic E-state index is 12.8. The van der Waals surface area contributed by atoms with Crippen LogP contribution in [0.3, 0.4) is 0 Å². The van der Waals surface area contributed by atoms with E-state index in [9.17, 15) is 14.4 Å². The summed E-state index contributed by atoms with van der Waals surface area (Å²) in [5.74, 6) is 0.446. The third kappa shape index (κ3) is 4.92. The molecule has 0 aliphatic carbocycles. The highest BCUT2D eigenvalue weighted by molar-refractivity contribution is 5.98. The second-order valence-corrected chi connectivity index (χ2v) is 6.51. The van der Waals surface area contributed by atoms with Crippen molar-refractivity contribution in [1.29, 1.82) is 0 Å². The van der Waals surface area contributed by atoms with Crippen LogP contribution in [-0.2, 0) is 11.3 Å². The Kier molecular flexibility index (Phi) is 6.48. The van der Waals surface area contributed by atoms with Crippen molar-refractivity contribution in [3.8, 4) is 11.5 Å². The zero-order valence-corrected chi connectivity index (χ0v) is 16.5. The van der Waals surface area contributed by atoms with E-state index in [-0.39, 0.29) is 23.7 Å². The average Bonchev–Trinajstić information content (AvgIpc) is 2.73. The van der Waals surface area contributed by atoms with Crippen molar-refractivity contribution in [3.63, 3.8) is 0 Å². The van der Waals surface area contributed by atoms with Gasteiger partial charge in [-0.25, -0.2) is 4.68 Å². The van der Waals surface area contributed by atoms with Gasteiger partial charge in [-0.3, -0.25) is 14.4 Å². The summed E-state index contributed by atoms with van der Waals surface area (Å²) >= 11 is 0. The Hall–Kier alpha value is -3.36. The van der Waals surface area contributed by atoms with Crippen LogP contribution in [-0.4, -0.2) is 52.8 Å². The van der Waals surface area contributed by atoms with Crippen molar-refractivity contribution < 1.29 is 19.1 Å². The number of benzene rings is 1. The summed E-state index contributed by atoms with van der Waals surface area (Å²) in [5, 5.41) is 6.88. The average molecular weight is 400 g/mol. The number of fused-ring (bicyclic) bond motifs is 1. The number of amides is 2. The molecule has 0 atom stereocenters. The molecule has 2 aromatic rings. The van der Waals surface area contributed by atoms with E-state index >= 15 is 0 Å². The molecule has 1 aliphatic heterocycles. The molecule has 29 heavy (non-hydrogen) atoms. The van der Waals surface area contributed by atoms with Crippen LogP contribution in [0.25, 0.3) is 0 Å². The number of ether oxygens (including phenoxy) is 2. The number of carbonyl (C=O) groups is 2. The van der Waals surface area contributed by atoms with Crippen LogP contribution in [0, 0.1) is 0 Å².